The highest BCUT2D eigenvalue weighted by atomic mass is 32.1. The second kappa shape index (κ2) is 6.35. The van der Waals surface area contributed by atoms with E-state index in [9.17, 15) is 0 Å². The first-order chi connectivity index (χ1) is 12.0. The molecule has 25 heavy (non-hydrogen) atoms. The van der Waals surface area contributed by atoms with Crippen LogP contribution in [0.5, 0.6) is 0 Å². The average Bonchev–Trinajstić information content (AvgIpc) is 3.21. The number of fused-ring (bicyclic) bond motifs is 2. The van der Waals surface area contributed by atoms with E-state index in [-0.39, 0.29) is 5.41 Å². The summed E-state index contributed by atoms with van der Waals surface area (Å²) in [6.07, 6.45) is 10.2. The van der Waals surface area contributed by atoms with Gasteiger partial charge in [-0.1, -0.05) is 39.0 Å². The Morgan fingerprint density at radius 2 is 2.12 bits per heavy atom. The van der Waals surface area contributed by atoms with E-state index in [0.717, 1.165) is 34.7 Å². The molecule has 1 fully saturated rings. The molecular weight excluding hydrogens is 330 g/mol. The summed E-state index contributed by atoms with van der Waals surface area (Å²) < 4.78 is 0. The SMILES string of the molecule is CC(C)(C)c1cc2c(N/N=C/C3=CC4CNCC4C=C3)ncnc2s1. The normalized spacial score (nSPS) is 23.2. The number of hydrogen-bond donors (Lipinski definition) is 2. The third-order valence-electron chi connectivity index (χ3n) is 4.71. The summed E-state index contributed by atoms with van der Waals surface area (Å²) in [5, 5.41) is 8.86. The van der Waals surface area contributed by atoms with E-state index < -0.39 is 0 Å². The molecule has 2 aromatic rings. The first-order valence-corrected chi connectivity index (χ1v) is 9.47. The number of hydrogen-bond acceptors (Lipinski definition) is 6. The van der Waals surface area contributed by atoms with E-state index in [2.05, 4.69) is 70.9 Å². The average molecular weight is 353 g/mol. The van der Waals surface area contributed by atoms with Gasteiger partial charge in [-0.25, -0.2) is 9.97 Å². The lowest BCUT2D eigenvalue weighted by Crippen LogP contribution is -2.11. The molecule has 0 radical (unpaired) electrons. The van der Waals surface area contributed by atoms with Crippen molar-refractivity contribution >= 4 is 33.6 Å². The molecule has 6 heteroatoms. The lowest BCUT2D eigenvalue weighted by Gasteiger charge is -2.15. The summed E-state index contributed by atoms with van der Waals surface area (Å²) in [5.74, 6) is 1.98. The maximum atomic E-state index is 4.40. The molecule has 1 aliphatic heterocycles. The molecule has 0 spiro atoms. The Hall–Kier alpha value is -2.05. The van der Waals surface area contributed by atoms with Gasteiger partial charge >= 0.3 is 0 Å². The van der Waals surface area contributed by atoms with E-state index in [4.69, 9.17) is 0 Å². The zero-order valence-corrected chi connectivity index (χ0v) is 15.6. The van der Waals surface area contributed by atoms with E-state index in [1.165, 1.54) is 4.88 Å². The number of anilines is 1. The van der Waals surface area contributed by atoms with Crippen molar-refractivity contribution < 1.29 is 0 Å². The van der Waals surface area contributed by atoms with Gasteiger partial charge in [-0.3, -0.25) is 5.43 Å². The van der Waals surface area contributed by atoms with Crippen LogP contribution in [0.2, 0.25) is 0 Å². The third-order valence-corrected chi connectivity index (χ3v) is 6.17. The smallest absolute Gasteiger partial charge is 0.158 e. The molecule has 0 bridgehead atoms. The van der Waals surface area contributed by atoms with Crippen LogP contribution in [0.1, 0.15) is 25.6 Å². The van der Waals surface area contributed by atoms with Crippen molar-refractivity contribution in [1.29, 1.82) is 0 Å². The predicted octanol–water partition coefficient (Wildman–Crippen LogP) is 3.72. The first kappa shape index (κ1) is 16.4. The number of aromatic nitrogens is 2. The van der Waals surface area contributed by atoms with Gasteiger partial charge < -0.3 is 5.32 Å². The highest BCUT2D eigenvalue weighted by Crippen LogP contribution is 2.35. The van der Waals surface area contributed by atoms with Crippen LogP contribution in [0, 0.1) is 11.8 Å². The molecule has 2 atom stereocenters. The van der Waals surface area contributed by atoms with Crippen molar-refractivity contribution in [1.82, 2.24) is 15.3 Å². The summed E-state index contributed by atoms with van der Waals surface area (Å²) in [4.78, 5) is 11.1. The molecule has 0 amide bonds. The highest BCUT2D eigenvalue weighted by Gasteiger charge is 2.25. The van der Waals surface area contributed by atoms with Crippen LogP contribution in [0.4, 0.5) is 5.82 Å². The number of nitrogens with one attached hydrogen (secondary N) is 2. The van der Waals surface area contributed by atoms with E-state index >= 15 is 0 Å². The van der Waals surface area contributed by atoms with Crippen LogP contribution < -0.4 is 10.7 Å². The Morgan fingerprint density at radius 3 is 2.96 bits per heavy atom. The monoisotopic (exact) mass is 353 g/mol. The Morgan fingerprint density at radius 1 is 1.28 bits per heavy atom. The quantitative estimate of drug-likeness (QED) is 0.652. The van der Waals surface area contributed by atoms with Crippen molar-refractivity contribution in [2.45, 2.75) is 26.2 Å². The van der Waals surface area contributed by atoms with Crippen LogP contribution in [0.15, 0.2) is 41.3 Å². The molecule has 0 aromatic carbocycles. The molecule has 2 aliphatic rings. The Kier molecular flexibility index (Phi) is 4.17. The topological polar surface area (TPSA) is 62.2 Å². The second-order valence-electron chi connectivity index (χ2n) is 7.68. The largest absolute Gasteiger partial charge is 0.316 e. The van der Waals surface area contributed by atoms with Crippen molar-refractivity contribution in [3.63, 3.8) is 0 Å². The molecule has 2 N–H and O–H groups in total. The van der Waals surface area contributed by atoms with Crippen molar-refractivity contribution in [2.75, 3.05) is 18.5 Å². The van der Waals surface area contributed by atoms with E-state index in [0.29, 0.717) is 11.8 Å². The number of allylic oxidation sites excluding steroid dienone is 2. The number of hydrazone groups is 1. The number of rotatable bonds is 3. The summed E-state index contributed by atoms with van der Waals surface area (Å²) in [7, 11) is 0. The maximum Gasteiger partial charge on any atom is 0.158 e. The van der Waals surface area contributed by atoms with Gasteiger partial charge in [0.25, 0.3) is 0 Å². The fraction of sp³-hybridized carbons (Fsp3) is 0.421. The van der Waals surface area contributed by atoms with Crippen LogP contribution >= 0.6 is 11.3 Å². The molecule has 0 saturated carbocycles. The minimum atomic E-state index is 0.107. The van der Waals surface area contributed by atoms with Gasteiger partial charge in [0.15, 0.2) is 5.82 Å². The molecule has 5 nitrogen and oxygen atoms in total. The number of thiophene rings is 1. The first-order valence-electron chi connectivity index (χ1n) is 8.65. The highest BCUT2D eigenvalue weighted by molar-refractivity contribution is 7.18. The minimum Gasteiger partial charge on any atom is -0.316 e. The zero-order valence-electron chi connectivity index (χ0n) is 14.8. The second-order valence-corrected chi connectivity index (χ2v) is 8.71. The summed E-state index contributed by atoms with van der Waals surface area (Å²) in [6, 6.07) is 2.17. The van der Waals surface area contributed by atoms with Gasteiger partial charge in [0.2, 0.25) is 0 Å². The summed E-state index contributed by atoms with van der Waals surface area (Å²) in [5.41, 5.74) is 4.34. The fourth-order valence-electron chi connectivity index (χ4n) is 3.22. The fourth-order valence-corrected chi connectivity index (χ4v) is 4.28. The van der Waals surface area contributed by atoms with Gasteiger partial charge in [0.1, 0.15) is 11.2 Å². The Labute approximate surface area is 152 Å². The third kappa shape index (κ3) is 3.37. The van der Waals surface area contributed by atoms with Gasteiger partial charge in [-0.15, -0.1) is 11.3 Å². The van der Waals surface area contributed by atoms with Crippen molar-refractivity contribution in [2.24, 2.45) is 16.9 Å². The maximum absolute atomic E-state index is 4.40. The molecule has 1 saturated heterocycles. The molecule has 4 rings (SSSR count). The Bertz CT molecular complexity index is 872. The van der Waals surface area contributed by atoms with Crippen LogP contribution in [0.25, 0.3) is 10.2 Å². The molecule has 3 heterocycles. The number of nitrogens with zero attached hydrogens (tertiary/aromatic N) is 3. The lowest BCUT2D eigenvalue weighted by molar-refractivity contribution is 0.593. The summed E-state index contributed by atoms with van der Waals surface area (Å²) >= 11 is 1.72. The van der Waals surface area contributed by atoms with Gasteiger partial charge in [-0.2, -0.15) is 5.10 Å². The molecular formula is C19H23N5S. The Balaban J connectivity index is 1.53. The summed E-state index contributed by atoms with van der Waals surface area (Å²) in [6.45, 7) is 8.76. The predicted molar refractivity (Wildman–Crippen MR) is 105 cm³/mol. The van der Waals surface area contributed by atoms with Crippen molar-refractivity contribution in [3.8, 4) is 0 Å². The molecule has 2 aromatic heterocycles. The molecule has 2 unspecified atom stereocenters. The van der Waals surface area contributed by atoms with Gasteiger partial charge in [0, 0.05) is 18.0 Å². The van der Waals surface area contributed by atoms with Crippen LogP contribution in [-0.4, -0.2) is 29.3 Å². The zero-order chi connectivity index (χ0) is 17.4. The van der Waals surface area contributed by atoms with E-state index in [1.807, 2.05) is 6.21 Å². The van der Waals surface area contributed by atoms with E-state index in [1.54, 1.807) is 17.7 Å². The lowest BCUT2D eigenvalue weighted by atomic mass is 9.89. The standard InChI is InChI=1S/C19H23N5S/c1-19(2,3)16-7-15-17(21-11-22-18(15)25-16)24-23-8-12-4-5-13-9-20-10-14(13)6-12/h4-8,11,13-14,20H,9-10H2,1-3H3,(H,21,22,24)/b23-8+. The molecule has 130 valence electrons. The van der Waals surface area contributed by atoms with Crippen molar-refractivity contribution in [3.05, 3.63) is 41.1 Å². The van der Waals surface area contributed by atoms with Crippen LogP contribution in [0.3, 0.4) is 0 Å². The van der Waals surface area contributed by atoms with Gasteiger partial charge in [-0.05, 0) is 28.9 Å². The minimum absolute atomic E-state index is 0.107. The van der Waals surface area contributed by atoms with Gasteiger partial charge in [0.05, 0.1) is 11.6 Å². The molecule has 1 aliphatic carbocycles. The van der Waals surface area contributed by atoms with Crippen LogP contribution in [-0.2, 0) is 5.41 Å².